The molecule has 0 saturated heterocycles. The number of aliphatic hydroxyl groups is 1. The van der Waals surface area contributed by atoms with Crippen molar-refractivity contribution in [2.24, 2.45) is 0 Å². The van der Waals surface area contributed by atoms with Crippen LogP contribution < -0.4 is 0 Å². The fourth-order valence-corrected chi connectivity index (χ4v) is 2.21. The van der Waals surface area contributed by atoms with Crippen molar-refractivity contribution in [2.75, 3.05) is 0 Å². The van der Waals surface area contributed by atoms with Gasteiger partial charge in [-0.2, -0.15) is 0 Å². The Morgan fingerprint density at radius 3 is 1.69 bits per heavy atom. The zero-order valence-electron chi connectivity index (χ0n) is 11.1. The van der Waals surface area contributed by atoms with Gasteiger partial charge in [0, 0.05) is 0 Å². The van der Waals surface area contributed by atoms with Crippen molar-refractivity contribution in [3.05, 3.63) is 0 Å². The molecular weight excluding hydrogens is 220 g/mol. The Morgan fingerprint density at radius 1 is 0.750 bits per heavy atom. The van der Waals surface area contributed by atoms with Gasteiger partial charge in [-0.3, -0.25) is 0 Å². The van der Waals surface area contributed by atoms with Crippen molar-refractivity contribution in [1.82, 2.24) is 0 Å². The van der Waals surface area contributed by atoms with Crippen molar-refractivity contribution in [2.45, 2.75) is 89.5 Å². The molecule has 1 N–H and O–H groups in total. The van der Waals surface area contributed by atoms with E-state index < -0.39 is 5.06 Å². The van der Waals surface area contributed by atoms with Crippen molar-refractivity contribution in [3.8, 4) is 0 Å². The average molecular weight is 249 g/mol. The maximum atomic E-state index is 9.91. The summed E-state index contributed by atoms with van der Waals surface area (Å²) in [7, 11) is 0. The van der Waals surface area contributed by atoms with Crippen LogP contribution in [0.25, 0.3) is 0 Å². The van der Waals surface area contributed by atoms with Crippen molar-refractivity contribution >= 4 is 11.6 Å². The summed E-state index contributed by atoms with van der Waals surface area (Å²) in [6, 6.07) is 0. The van der Waals surface area contributed by atoms with E-state index in [1.54, 1.807) is 0 Å². The molecule has 0 aliphatic rings. The second-order valence-corrected chi connectivity index (χ2v) is 5.60. The fraction of sp³-hybridized carbons (Fsp3) is 1.00. The van der Waals surface area contributed by atoms with E-state index in [9.17, 15) is 5.11 Å². The van der Waals surface area contributed by atoms with Gasteiger partial charge < -0.3 is 5.11 Å². The van der Waals surface area contributed by atoms with Crippen LogP contribution in [-0.2, 0) is 0 Å². The first-order valence-electron chi connectivity index (χ1n) is 7.03. The van der Waals surface area contributed by atoms with Crippen LogP contribution in [-0.4, -0.2) is 10.2 Å². The summed E-state index contributed by atoms with van der Waals surface area (Å²) in [5.41, 5.74) is 0. The molecule has 1 unspecified atom stereocenters. The van der Waals surface area contributed by atoms with Crippen molar-refractivity contribution in [1.29, 1.82) is 0 Å². The monoisotopic (exact) mass is 248 g/mol. The zero-order valence-corrected chi connectivity index (χ0v) is 11.9. The standard InChI is InChI=1S/C14H29ClO/c1-3-5-7-8-9-11-13-14(15,16)12-10-6-4-2/h16H,3-13H2,1-2H3. The molecule has 0 amide bonds. The molecule has 0 bridgehead atoms. The molecule has 98 valence electrons. The summed E-state index contributed by atoms with van der Waals surface area (Å²) in [6.07, 6.45) is 12.4. The largest absolute Gasteiger partial charge is 0.375 e. The van der Waals surface area contributed by atoms with Crippen LogP contribution in [0.3, 0.4) is 0 Å². The minimum atomic E-state index is -0.931. The number of hydrogen-bond donors (Lipinski definition) is 1. The number of rotatable bonds is 11. The molecule has 2 heteroatoms. The third kappa shape index (κ3) is 10.8. The van der Waals surface area contributed by atoms with Crippen molar-refractivity contribution in [3.63, 3.8) is 0 Å². The normalized spacial score (nSPS) is 15.0. The maximum Gasteiger partial charge on any atom is 0.138 e. The van der Waals surface area contributed by atoms with E-state index in [1.807, 2.05) is 0 Å². The molecule has 0 heterocycles. The topological polar surface area (TPSA) is 20.2 Å². The van der Waals surface area contributed by atoms with E-state index in [-0.39, 0.29) is 0 Å². The van der Waals surface area contributed by atoms with E-state index in [1.165, 1.54) is 44.9 Å². The summed E-state index contributed by atoms with van der Waals surface area (Å²) < 4.78 is 0. The highest BCUT2D eigenvalue weighted by Gasteiger charge is 2.21. The summed E-state index contributed by atoms with van der Waals surface area (Å²) in [5.74, 6) is 0. The lowest BCUT2D eigenvalue weighted by atomic mass is 10.0. The van der Waals surface area contributed by atoms with Crippen LogP contribution in [0.4, 0.5) is 0 Å². The fourth-order valence-electron chi connectivity index (χ4n) is 1.95. The minimum Gasteiger partial charge on any atom is -0.375 e. The molecule has 16 heavy (non-hydrogen) atoms. The number of unbranched alkanes of at least 4 members (excludes halogenated alkanes) is 7. The minimum absolute atomic E-state index is 0.747. The van der Waals surface area contributed by atoms with Gasteiger partial charge in [0.2, 0.25) is 0 Å². The smallest absolute Gasteiger partial charge is 0.138 e. The average Bonchev–Trinajstić information content (AvgIpc) is 2.23. The molecule has 0 rings (SSSR count). The molecule has 0 spiro atoms. The van der Waals surface area contributed by atoms with E-state index in [4.69, 9.17) is 11.6 Å². The second-order valence-electron chi connectivity index (χ2n) is 4.89. The Labute approximate surface area is 107 Å². The molecule has 1 nitrogen and oxygen atoms in total. The summed E-state index contributed by atoms with van der Waals surface area (Å²) >= 11 is 6.07. The summed E-state index contributed by atoms with van der Waals surface area (Å²) in [5, 5.41) is 8.98. The van der Waals surface area contributed by atoms with E-state index in [0.29, 0.717) is 0 Å². The molecule has 1 atom stereocenters. The lowest BCUT2D eigenvalue weighted by Gasteiger charge is -2.20. The first-order valence-corrected chi connectivity index (χ1v) is 7.41. The predicted molar refractivity (Wildman–Crippen MR) is 72.9 cm³/mol. The molecule has 0 aliphatic heterocycles. The predicted octanol–water partition coefficient (Wildman–Crippen LogP) is 5.24. The van der Waals surface area contributed by atoms with Gasteiger partial charge in [0.05, 0.1) is 0 Å². The second kappa shape index (κ2) is 10.4. The number of hydrogen-bond acceptors (Lipinski definition) is 1. The Hall–Kier alpha value is 0.250. The van der Waals surface area contributed by atoms with Gasteiger partial charge >= 0.3 is 0 Å². The molecule has 0 saturated carbocycles. The Morgan fingerprint density at radius 2 is 1.12 bits per heavy atom. The van der Waals surface area contributed by atoms with Crippen LogP contribution in [0.15, 0.2) is 0 Å². The van der Waals surface area contributed by atoms with Crippen LogP contribution in [0.5, 0.6) is 0 Å². The molecule has 0 aromatic carbocycles. The van der Waals surface area contributed by atoms with Crippen LogP contribution in [0, 0.1) is 0 Å². The molecular formula is C14H29ClO. The van der Waals surface area contributed by atoms with E-state index in [2.05, 4.69) is 13.8 Å². The van der Waals surface area contributed by atoms with E-state index >= 15 is 0 Å². The third-order valence-corrected chi connectivity index (χ3v) is 3.45. The number of halogens is 1. The van der Waals surface area contributed by atoms with Crippen LogP contribution >= 0.6 is 11.6 Å². The SMILES string of the molecule is CCCCCCCCC(O)(Cl)CCCCC. The summed E-state index contributed by atoms with van der Waals surface area (Å²) in [4.78, 5) is 0. The van der Waals surface area contributed by atoms with Crippen LogP contribution in [0.2, 0.25) is 0 Å². The number of alkyl halides is 1. The lowest BCUT2D eigenvalue weighted by Crippen LogP contribution is -2.20. The summed E-state index contributed by atoms with van der Waals surface area (Å²) in [6.45, 7) is 4.40. The van der Waals surface area contributed by atoms with Gasteiger partial charge in [0.1, 0.15) is 5.06 Å². The molecule has 0 aromatic rings. The lowest BCUT2D eigenvalue weighted by molar-refractivity contribution is 0.102. The van der Waals surface area contributed by atoms with Crippen LogP contribution in [0.1, 0.15) is 84.5 Å². The van der Waals surface area contributed by atoms with E-state index in [0.717, 1.165) is 25.7 Å². The van der Waals surface area contributed by atoms with Gasteiger partial charge in [-0.05, 0) is 25.7 Å². The first kappa shape index (κ1) is 16.2. The molecule has 0 radical (unpaired) electrons. The third-order valence-electron chi connectivity index (χ3n) is 3.08. The van der Waals surface area contributed by atoms with Gasteiger partial charge in [0.15, 0.2) is 0 Å². The quantitative estimate of drug-likeness (QED) is 0.391. The Bertz CT molecular complexity index is 146. The highest BCUT2D eigenvalue weighted by Crippen LogP contribution is 2.26. The molecule has 0 aromatic heterocycles. The van der Waals surface area contributed by atoms with Gasteiger partial charge in [-0.1, -0.05) is 70.4 Å². The Kier molecular flexibility index (Phi) is 10.6. The molecule has 0 aliphatic carbocycles. The first-order chi connectivity index (χ1) is 7.62. The zero-order chi connectivity index (χ0) is 12.3. The highest BCUT2D eigenvalue weighted by atomic mass is 35.5. The van der Waals surface area contributed by atoms with Crippen molar-refractivity contribution < 1.29 is 5.11 Å². The Balaban J connectivity index is 3.35. The highest BCUT2D eigenvalue weighted by molar-refractivity contribution is 6.22. The van der Waals surface area contributed by atoms with Gasteiger partial charge in [0.25, 0.3) is 0 Å². The maximum absolute atomic E-state index is 9.91. The van der Waals surface area contributed by atoms with Gasteiger partial charge in [-0.25, -0.2) is 0 Å². The van der Waals surface area contributed by atoms with Gasteiger partial charge in [-0.15, -0.1) is 0 Å². The molecule has 0 fully saturated rings.